The molecule has 0 bridgehead atoms. The maximum atomic E-state index is 12.8. The normalized spacial score (nSPS) is 17.2. The van der Waals surface area contributed by atoms with Gasteiger partial charge in [-0.25, -0.2) is 4.98 Å². The lowest BCUT2D eigenvalue weighted by Crippen LogP contribution is -2.38. The first-order valence-electron chi connectivity index (χ1n) is 11.1. The Labute approximate surface area is 182 Å². The van der Waals surface area contributed by atoms with E-state index in [0.29, 0.717) is 18.4 Å². The van der Waals surface area contributed by atoms with Gasteiger partial charge in [-0.2, -0.15) is 0 Å². The standard InChI is InChI=1S/C24H31N3O2S/c1-16-23(30-17(2)25-16)24(29)27-13-11-20(12-14-27)15-19-5-3-18(4-6-19)7-10-22(28)26-21-8-9-21/h3-6,20-21H,7-15H2,1-2H3,(H,26,28). The van der Waals surface area contributed by atoms with Crippen LogP contribution in [0, 0.1) is 19.8 Å². The maximum Gasteiger partial charge on any atom is 0.265 e. The van der Waals surface area contributed by atoms with E-state index >= 15 is 0 Å². The highest BCUT2D eigenvalue weighted by Crippen LogP contribution is 2.26. The molecule has 1 aliphatic carbocycles. The summed E-state index contributed by atoms with van der Waals surface area (Å²) in [5.74, 6) is 0.937. The van der Waals surface area contributed by atoms with E-state index in [9.17, 15) is 9.59 Å². The van der Waals surface area contributed by atoms with Gasteiger partial charge in [0, 0.05) is 25.6 Å². The largest absolute Gasteiger partial charge is 0.353 e. The van der Waals surface area contributed by atoms with Gasteiger partial charge in [0.25, 0.3) is 5.91 Å². The molecule has 2 fully saturated rings. The Morgan fingerprint density at radius 3 is 2.33 bits per heavy atom. The van der Waals surface area contributed by atoms with Crippen LogP contribution in [0.3, 0.4) is 0 Å². The molecule has 2 amide bonds. The average Bonchev–Trinajstić information content (AvgIpc) is 3.48. The van der Waals surface area contributed by atoms with Gasteiger partial charge in [0.15, 0.2) is 0 Å². The summed E-state index contributed by atoms with van der Waals surface area (Å²) in [6.45, 7) is 5.53. The number of carbonyl (C=O) groups excluding carboxylic acids is 2. The van der Waals surface area contributed by atoms with Gasteiger partial charge in [-0.15, -0.1) is 11.3 Å². The first kappa shape index (κ1) is 21.0. The third kappa shape index (κ3) is 5.48. The second-order valence-corrected chi connectivity index (χ2v) is 9.95. The molecular formula is C24H31N3O2S. The van der Waals surface area contributed by atoms with E-state index in [2.05, 4.69) is 34.6 Å². The van der Waals surface area contributed by atoms with E-state index < -0.39 is 0 Å². The predicted octanol–water partition coefficient (Wildman–Crippen LogP) is 4.07. The van der Waals surface area contributed by atoms with Crippen LogP contribution in [0.5, 0.6) is 0 Å². The van der Waals surface area contributed by atoms with Crippen molar-refractivity contribution in [2.75, 3.05) is 13.1 Å². The Hall–Kier alpha value is -2.21. The number of benzene rings is 1. The van der Waals surface area contributed by atoms with Crippen LogP contribution in [0.25, 0.3) is 0 Å². The van der Waals surface area contributed by atoms with Crippen molar-refractivity contribution in [2.24, 2.45) is 5.92 Å². The highest BCUT2D eigenvalue weighted by atomic mass is 32.1. The van der Waals surface area contributed by atoms with E-state index in [1.54, 1.807) is 0 Å². The van der Waals surface area contributed by atoms with Gasteiger partial charge in [-0.1, -0.05) is 24.3 Å². The monoisotopic (exact) mass is 425 g/mol. The van der Waals surface area contributed by atoms with Crippen LogP contribution >= 0.6 is 11.3 Å². The number of likely N-dealkylation sites (tertiary alicyclic amines) is 1. The van der Waals surface area contributed by atoms with Crippen molar-refractivity contribution >= 4 is 23.2 Å². The first-order valence-corrected chi connectivity index (χ1v) is 11.9. The van der Waals surface area contributed by atoms with E-state index in [1.165, 1.54) is 22.5 Å². The maximum absolute atomic E-state index is 12.8. The molecule has 0 atom stereocenters. The zero-order valence-corrected chi connectivity index (χ0v) is 18.8. The quantitative estimate of drug-likeness (QED) is 0.727. The van der Waals surface area contributed by atoms with Gasteiger partial charge in [-0.05, 0) is 69.4 Å². The fraction of sp³-hybridized carbons (Fsp3) is 0.542. The lowest BCUT2D eigenvalue weighted by atomic mass is 9.89. The van der Waals surface area contributed by atoms with E-state index in [0.717, 1.165) is 67.2 Å². The van der Waals surface area contributed by atoms with Crippen molar-refractivity contribution in [2.45, 2.75) is 64.8 Å². The van der Waals surface area contributed by atoms with Crippen molar-refractivity contribution in [1.82, 2.24) is 15.2 Å². The van der Waals surface area contributed by atoms with Gasteiger partial charge < -0.3 is 10.2 Å². The number of aromatic nitrogens is 1. The zero-order chi connectivity index (χ0) is 21.1. The van der Waals surface area contributed by atoms with Crippen molar-refractivity contribution in [3.8, 4) is 0 Å². The van der Waals surface area contributed by atoms with Crippen molar-refractivity contribution in [3.63, 3.8) is 0 Å². The fourth-order valence-corrected chi connectivity index (χ4v) is 5.06. The number of carbonyl (C=O) groups is 2. The molecule has 0 spiro atoms. The Bertz CT molecular complexity index is 894. The predicted molar refractivity (Wildman–Crippen MR) is 120 cm³/mol. The topological polar surface area (TPSA) is 62.3 Å². The molecule has 0 radical (unpaired) electrons. The number of rotatable bonds is 7. The number of nitrogens with zero attached hydrogens (tertiary/aromatic N) is 2. The SMILES string of the molecule is Cc1nc(C)c(C(=O)N2CCC(Cc3ccc(CCC(=O)NC4CC4)cc3)CC2)s1. The van der Waals surface area contributed by atoms with Gasteiger partial charge in [-0.3, -0.25) is 9.59 Å². The van der Waals surface area contributed by atoms with Gasteiger partial charge in [0.1, 0.15) is 4.88 Å². The summed E-state index contributed by atoms with van der Waals surface area (Å²) in [7, 11) is 0. The Morgan fingerprint density at radius 1 is 1.07 bits per heavy atom. The first-order chi connectivity index (χ1) is 14.5. The molecule has 2 aliphatic rings. The van der Waals surface area contributed by atoms with Gasteiger partial charge in [0.2, 0.25) is 5.91 Å². The molecule has 6 heteroatoms. The van der Waals surface area contributed by atoms with Crippen LogP contribution < -0.4 is 5.32 Å². The van der Waals surface area contributed by atoms with Gasteiger partial charge in [0.05, 0.1) is 10.7 Å². The summed E-state index contributed by atoms with van der Waals surface area (Å²) < 4.78 is 0. The Morgan fingerprint density at radius 2 is 1.73 bits per heavy atom. The lowest BCUT2D eigenvalue weighted by molar-refractivity contribution is -0.121. The molecule has 1 aliphatic heterocycles. The number of hydrogen-bond donors (Lipinski definition) is 1. The minimum atomic E-state index is 0.145. The van der Waals surface area contributed by atoms with Crippen molar-refractivity contribution in [3.05, 3.63) is 51.0 Å². The Kier molecular flexibility index (Phi) is 6.52. The second-order valence-electron chi connectivity index (χ2n) is 8.75. The summed E-state index contributed by atoms with van der Waals surface area (Å²) in [6.07, 6.45) is 6.80. The van der Waals surface area contributed by atoms with Crippen LogP contribution in [0.4, 0.5) is 0 Å². The molecule has 1 N–H and O–H groups in total. The molecule has 1 saturated heterocycles. The molecule has 2 heterocycles. The molecule has 1 aromatic carbocycles. The van der Waals surface area contributed by atoms with E-state index in [1.807, 2.05) is 18.7 Å². The molecule has 30 heavy (non-hydrogen) atoms. The fourth-order valence-electron chi connectivity index (χ4n) is 4.17. The summed E-state index contributed by atoms with van der Waals surface area (Å²) >= 11 is 1.50. The van der Waals surface area contributed by atoms with Crippen LogP contribution in [-0.4, -0.2) is 40.8 Å². The van der Waals surface area contributed by atoms with E-state index in [4.69, 9.17) is 0 Å². The number of amides is 2. The molecule has 0 unspecified atom stereocenters. The number of aryl methyl sites for hydroxylation is 3. The minimum absolute atomic E-state index is 0.145. The lowest BCUT2D eigenvalue weighted by Gasteiger charge is -2.32. The van der Waals surface area contributed by atoms with Crippen molar-refractivity contribution in [1.29, 1.82) is 0 Å². The summed E-state index contributed by atoms with van der Waals surface area (Å²) in [4.78, 5) is 31.8. The third-order valence-electron chi connectivity index (χ3n) is 6.13. The number of hydrogen-bond acceptors (Lipinski definition) is 4. The summed E-state index contributed by atoms with van der Waals surface area (Å²) in [5, 5.41) is 4.00. The Balaban J connectivity index is 1.22. The molecule has 160 valence electrons. The minimum Gasteiger partial charge on any atom is -0.353 e. The molecule has 4 rings (SSSR count). The molecule has 1 saturated carbocycles. The summed E-state index contributed by atoms with van der Waals surface area (Å²) in [6, 6.07) is 9.17. The number of nitrogens with one attached hydrogen (secondary N) is 1. The molecule has 2 aromatic rings. The number of thiazole rings is 1. The molecule has 1 aromatic heterocycles. The van der Waals surface area contributed by atoms with Crippen LogP contribution in [-0.2, 0) is 17.6 Å². The average molecular weight is 426 g/mol. The highest BCUT2D eigenvalue weighted by molar-refractivity contribution is 7.13. The zero-order valence-electron chi connectivity index (χ0n) is 17.9. The van der Waals surface area contributed by atoms with Crippen molar-refractivity contribution < 1.29 is 9.59 Å². The van der Waals surface area contributed by atoms with Crippen LogP contribution in [0.1, 0.15) is 63.6 Å². The van der Waals surface area contributed by atoms with Gasteiger partial charge >= 0.3 is 0 Å². The molecular weight excluding hydrogens is 394 g/mol. The smallest absolute Gasteiger partial charge is 0.265 e. The summed E-state index contributed by atoms with van der Waals surface area (Å²) in [5.41, 5.74) is 3.43. The number of piperidine rings is 1. The van der Waals surface area contributed by atoms with Crippen LogP contribution in [0.15, 0.2) is 24.3 Å². The second kappa shape index (κ2) is 9.29. The highest BCUT2D eigenvalue weighted by Gasteiger charge is 2.26. The third-order valence-corrected chi connectivity index (χ3v) is 7.19. The van der Waals surface area contributed by atoms with Crippen LogP contribution in [0.2, 0.25) is 0 Å². The van der Waals surface area contributed by atoms with E-state index in [-0.39, 0.29) is 11.8 Å². The molecule has 5 nitrogen and oxygen atoms in total.